The van der Waals surface area contributed by atoms with Crippen LogP contribution in [0.2, 0.25) is 0 Å². The highest BCUT2D eigenvalue weighted by atomic mass is 16.6. The molecule has 1 aliphatic heterocycles. The maximum Gasteiger partial charge on any atom is 0.410 e. The van der Waals surface area contributed by atoms with Crippen molar-refractivity contribution in [3.8, 4) is 0 Å². The lowest BCUT2D eigenvalue weighted by Crippen LogP contribution is -2.40. The van der Waals surface area contributed by atoms with Crippen LogP contribution in [0.3, 0.4) is 0 Å². The molecule has 7 nitrogen and oxygen atoms in total. The van der Waals surface area contributed by atoms with Gasteiger partial charge in [-0.05, 0) is 51.8 Å². The number of benzene rings is 1. The molecule has 0 saturated heterocycles. The number of hydrogen-bond acceptors (Lipinski definition) is 4. The Morgan fingerprint density at radius 1 is 1.26 bits per heavy atom. The van der Waals surface area contributed by atoms with Gasteiger partial charge in [0.1, 0.15) is 5.60 Å². The van der Waals surface area contributed by atoms with Crippen molar-refractivity contribution in [1.82, 2.24) is 14.7 Å². The molecule has 1 aliphatic rings. The minimum Gasteiger partial charge on any atom is -0.444 e. The zero-order valence-corrected chi connectivity index (χ0v) is 16.5. The molecule has 0 fully saturated rings. The molecule has 0 saturated carbocycles. The molecule has 1 aromatic carbocycles. The quantitative estimate of drug-likeness (QED) is 0.880. The Labute approximate surface area is 159 Å². The van der Waals surface area contributed by atoms with E-state index in [1.807, 2.05) is 52.0 Å². The number of carbonyl (C=O) groups is 2. The van der Waals surface area contributed by atoms with Crippen LogP contribution in [0.1, 0.15) is 48.1 Å². The van der Waals surface area contributed by atoms with Crippen molar-refractivity contribution in [2.24, 2.45) is 7.05 Å². The largest absolute Gasteiger partial charge is 0.444 e. The standard InChI is InChI=1S/C20H26N4O3/c1-13-7-6-8-14(11-13)21-18(25)17-15-9-10-24(12-16(15)23(5)22-17)19(26)27-20(2,3)4/h6-8,11H,9-10,12H2,1-5H3,(H,21,25). The van der Waals surface area contributed by atoms with Crippen LogP contribution in [0.5, 0.6) is 0 Å². The van der Waals surface area contributed by atoms with E-state index in [9.17, 15) is 9.59 Å². The third kappa shape index (κ3) is 4.30. The highest BCUT2D eigenvalue weighted by Gasteiger charge is 2.31. The van der Waals surface area contributed by atoms with E-state index in [0.717, 1.165) is 22.5 Å². The lowest BCUT2D eigenvalue weighted by molar-refractivity contribution is 0.0219. The van der Waals surface area contributed by atoms with Crippen molar-refractivity contribution in [1.29, 1.82) is 0 Å². The van der Waals surface area contributed by atoms with Crippen molar-refractivity contribution in [3.05, 3.63) is 46.8 Å². The number of nitrogens with zero attached hydrogens (tertiary/aromatic N) is 3. The number of amides is 2. The molecule has 2 amide bonds. The molecule has 0 atom stereocenters. The van der Waals surface area contributed by atoms with Gasteiger partial charge < -0.3 is 15.0 Å². The summed E-state index contributed by atoms with van der Waals surface area (Å²) in [5.74, 6) is -0.233. The second-order valence-corrected chi connectivity index (χ2v) is 7.87. The van der Waals surface area contributed by atoms with Gasteiger partial charge in [-0.3, -0.25) is 9.48 Å². The zero-order chi connectivity index (χ0) is 19.8. The summed E-state index contributed by atoms with van der Waals surface area (Å²) < 4.78 is 7.13. The number of hydrogen-bond donors (Lipinski definition) is 1. The van der Waals surface area contributed by atoms with Crippen LogP contribution in [-0.4, -0.2) is 38.8 Å². The highest BCUT2D eigenvalue weighted by Crippen LogP contribution is 2.24. The monoisotopic (exact) mass is 370 g/mol. The molecule has 0 aliphatic carbocycles. The number of ether oxygens (including phenoxy) is 1. The fourth-order valence-electron chi connectivity index (χ4n) is 3.15. The molecule has 144 valence electrons. The number of anilines is 1. The van der Waals surface area contributed by atoms with Gasteiger partial charge in [0.15, 0.2) is 5.69 Å². The number of aromatic nitrogens is 2. The second-order valence-electron chi connectivity index (χ2n) is 7.87. The minimum absolute atomic E-state index is 0.233. The van der Waals surface area contributed by atoms with E-state index in [0.29, 0.717) is 25.2 Å². The average molecular weight is 370 g/mol. The van der Waals surface area contributed by atoms with E-state index in [2.05, 4.69) is 10.4 Å². The van der Waals surface area contributed by atoms with E-state index in [-0.39, 0.29) is 12.0 Å². The Hall–Kier alpha value is -2.83. The van der Waals surface area contributed by atoms with Gasteiger partial charge in [-0.1, -0.05) is 12.1 Å². The molecule has 7 heteroatoms. The first-order chi connectivity index (χ1) is 12.6. The Kier molecular flexibility index (Phi) is 4.95. The van der Waals surface area contributed by atoms with Gasteiger partial charge in [-0.25, -0.2) is 4.79 Å². The van der Waals surface area contributed by atoms with Crippen LogP contribution in [0.4, 0.5) is 10.5 Å². The topological polar surface area (TPSA) is 76.5 Å². The van der Waals surface area contributed by atoms with Crippen molar-refractivity contribution in [3.63, 3.8) is 0 Å². The van der Waals surface area contributed by atoms with E-state index < -0.39 is 5.60 Å². The van der Waals surface area contributed by atoms with E-state index >= 15 is 0 Å². The number of rotatable bonds is 2. The molecular formula is C20H26N4O3. The Bertz CT molecular complexity index is 880. The molecule has 27 heavy (non-hydrogen) atoms. The number of nitrogens with one attached hydrogen (secondary N) is 1. The molecule has 3 rings (SSSR count). The number of aryl methyl sites for hydroxylation is 2. The van der Waals surface area contributed by atoms with Crippen LogP contribution in [0, 0.1) is 6.92 Å². The van der Waals surface area contributed by atoms with Gasteiger partial charge in [-0.2, -0.15) is 5.10 Å². The van der Waals surface area contributed by atoms with Crippen LogP contribution < -0.4 is 5.32 Å². The molecule has 2 aromatic rings. The van der Waals surface area contributed by atoms with Crippen molar-refractivity contribution in [2.45, 2.75) is 46.3 Å². The van der Waals surface area contributed by atoms with Crippen LogP contribution in [0.15, 0.2) is 24.3 Å². The van der Waals surface area contributed by atoms with Gasteiger partial charge in [0.05, 0.1) is 12.2 Å². The molecule has 1 N–H and O–H groups in total. The van der Waals surface area contributed by atoms with Crippen LogP contribution in [0.25, 0.3) is 0 Å². The fourth-order valence-corrected chi connectivity index (χ4v) is 3.15. The van der Waals surface area contributed by atoms with E-state index in [1.54, 1.807) is 16.6 Å². The second kappa shape index (κ2) is 7.06. The first kappa shape index (κ1) is 18.9. The smallest absolute Gasteiger partial charge is 0.410 e. The average Bonchev–Trinajstić information content (AvgIpc) is 2.90. The van der Waals surface area contributed by atoms with Crippen LogP contribution in [-0.2, 0) is 24.8 Å². The molecule has 0 bridgehead atoms. The molecule has 0 unspecified atom stereocenters. The van der Waals surface area contributed by atoms with Gasteiger partial charge >= 0.3 is 6.09 Å². The maximum atomic E-state index is 12.7. The SMILES string of the molecule is Cc1cccc(NC(=O)c2nn(C)c3c2CCN(C(=O)OC(C)(C)C)C3)c1. The van der Waals surface area contributed by atoms with Crippen molar-refractivity contribution in [2.75, 3.05) is 11.9 Å². The lowest BCUT2D eigenvalue weighted by Gasteiger charge is -2.30. The normalized spacial score (nSPS) is 13.9. The van der Waals surface area contributed by atoms with E-state index in [1.165, 1.54) is 0 Å². The van der Waals surface area contributed by atoms with Gasteiger partial charge in [-0.15, -0.1) is 0 Å². The van der Waals surface area contributed by atoms with E-state index in [4.69, 9.17) is 4.74 Å². The number of carbonyl (C=O) groups excluding carboxylic acids is 2. The van der Waals surface area contributed by atoms with Gasteiger partial charge in [0.2, 0.25) is 0 Å². The summed E-state index contributed by atoms with van der Waals surface area (Å²) >= 11 is 0. The predicted molar refractivity (Wildman–Crippen MR) is 103 cm³/mol. The molecule has 1 aromatic heterocycles. The van der Waals surface area contributed by atoms with Crippen molar-refractivity contribution >= 4 is 17.7 Å². The first-order valence-electron chi connectivity index (χ1n) is 9.05. The summed E-state index contributed by atoms with van der Waals surface area (Å²) in [5.41, 5.74) is 3.44. The molecule has 0 spiro atoms. The van der Waals surface area contributed by atoms with Gasteiger partial charge in [0, 0.05) is 24.8 Å². The minimum atomic E-state index is -0.539. The summed E-state index contributed by atoms with van der Waals surface area (Å²) in [6.07, 6.45) is 0.221. The highest BCUT2D eigenvalue weighted by molar-refractivity contribution is 6.04. The Balaban J connectivity index is 1.77. The molecule has 0 radical (unpaired) electrons. The maximum absolute atomic E-state index is 12.7. The fraction of sp³-hybridized carbons (Fsp3) is 0.450. The lowest BCUT2D eigenvalue weighted by atomic mass is 10.0. The summed E-state index contributed by atoms with van der Waals surface area (Å²) in [5, 5.41) is 7.31. The Morgan fingerprint density at radius 2 is 2.00 bits per heavy atom. The third-order valence-corrected chi connectivity index (χ3v) is 4.39. The molecule has 2 heterocycles. The number of fused-ring (bicyclic) bond motifs is 1. The predicted octanol–water partition coefficient (Wildman–Crippen LogP) is 3.27. The summed E-state index contributed by atoms with van der Waals surface area (Å²) in [6.45, 7) is 8.39. The Morgan fingerprint density at radius 3 is 2.67 bits per heavy atom. The zero-order valence-electron chi connectivity index (χ0n) is 16.5. The first-order valence-corrected chi connectivity index (χ1v) is 9.05. The van der Waals surface area contributed by atoms with Crippen LogP contribution >= 0.6 is 0 Å². The van der Waals surface area contributed by atoms with Gasteiger partial charge in [0.25, 0.3) is 5.91 Å². The molecular weight excluding hydrogens is 344 g/mol. The third-order valence-electron chi connectivity index (χ3n) is 4.39. The summed E-state index contributed by atoms with van der Waals surface area (Å²) in [4.78, 5) is 26.7. The summed E-state index contributed by atoms with van der Waals surface area (Å²) in [6, 6.07) is 7.64. The summed E-state index contributed by atoms with van der Waals surface area (Å²) in [7, 11) is 1.79. The van der Waals surface area contributed by atoms with Crippen molar-refractivity contribution < 1.29 is 14.3 Å².